The Kier molecular flexibility index (Phi) is 6.96. The lowest BCUT2D eigenvalue weighted by Gasteiger charge is -2.25. The number of Topliss-reactive ketones (excluding diaryl/α,β-unsaturated/α-hetero) is 1. The smallest absolute Gasteiger partial charge is 0.295 e. The van der Waals surface area contributed by atoms with Crippen LogP contribution in [0.5, 0.6) is 5.75 Å². The molecule has 1 saturated heterocycles. The number of fused-ring (bicyclic) bond motifs is 1. The summed E-state index contributed by atoms with van der Waals surface area (Å²) in [5.74, 6) is -0.788. The van der Waals surface area contributed by atoms with E-state index in [1.54, 1.807) is 31.3 Å². The van der Waals surface area contributed by atoms with E-state index in [9.17, 15) is 14.7 Å². The van der Waals surface area contributed by atoms with Crippen LogP contribution in [-0.4, -0.2) is 53.6 Å². The molecule has 1 aromatic heterocycles. The predicted octanol–water partition coefficient (Wildman–Crippen LogP) is 4.94. The van der Waals surface area contributed by atoms with Crippen molar-refractivity contribution >= 4 is 28.4 Å². The van der Waals surface area contributed by atoms with Crippen LogP contribution in [0.4, 0.5) is 0 Å². The fraction of sp³-hybridized carbons (Fsp3) is 0.379. The molecule has 1 fully saturated rings. The van der Waals surface area contributed by atoms with Gasteiger partial charge in [0.25, 0.3) is 11.7 Å². The number of rotatable bonds is 7. The first-order valence-electron chi connectivity index (χ1n) is 12.1. The highest BCUT2D eigenvalue weighted by atomic mass is 16.5. The van der Waals surface area contributed by atoms with E-state index in [0.717, 1.165) is 22.0 Å². The van der Waals surface area contributed by atoms with Gasteiger partial charge in [0.1, 0.15) is 11.5 Å². The molecule has 7 heteroatoms. The van der Waals surface area contributed by atoms with E-state index in [1.807, 2.05) is 48.1 Å². The van der Waals surface area contributed by atoms with Crippen molar-refractivity contribution in [2.75, 3.05) is 27.4 Å². The van der Waals surface area contributed by atoms with Crippen LogP contribution in [-0.2, 0) is 26.8 Å². The summed E-state index contributed by atoms with van der Waals surface area (Å²) in [6, 6.07) is 12.5. The number of aliphatic hydroxyl groups excluding tert-OH is 1. The largest absolute Gasteiger partial charge is 0.507 e. The number of para-hydroxylation sites is 1. The monoisotopic (exact) mass is 490 g/mol. The van der Waals surface area contributed by atoms with Crippen molar-refractivity contribution in [2.45, 2.75) is 38.6 Å². The Morgan fingerprint density at radius 1 is 1.08 bits per heavy atom. The number of hydrogen-bond donors (Lipinski definition) is 1. The molecule has 0 bridgehead atoms. The van der Waals surface area contributed by atoms with Crippen LogP contribution in [0, 0.1) is 0 Å². The van der Waals surface area contributed by atoms with Crippen molar-refractivity contribution in [1.82, 2.24) is 9.47 Å². The quantitative estimate of drug-likeness (QED) is 0.220. The first kappa shape index (κ1) is 25.5. The molecule has 1 amide bonds. The second kappa shape index (κ2) is 9.82. The van der Waals surface area contributed by atoms with Gasteiger partial charge in [-0.3, -0.25) is 9.59 Å². The molecule has 3 aromatic rings. The number of aryl methyl sites for hydroxylation is 1. The molecule has 0 radical (unpaired) electrons. The normalized spacial score (nSPS) is 17.8. The molecule has 1 unspecified atom stereocenters. The van der Waals surface area contributed by atoms with Crippen molar-refractivity contribution in [1.29, 1.82) is 0 Å². The summed E-state index contributed by atoms with van der Waals surface area (Å²) in [6.45, 7) is 6.95. The van der Waals surface area contributed by atoms with E-state index in [2.05, 4.69) is 20.8 Å². The number of methoxy groups -OCH3 is 2. The fourth-order valence-corrected chi connectivity index (χ4v) is 5.00. The Morgan fingerprint density at radius 3 is 2.47 bits per heavy atom. The Balaban J connectivity index is 1.94. The van der Waals surface area contributed by atoms with Crippen LogP contribution in [0.15, 0.2) is 54.2 Å². The van der Waals surface area contributed by atoms with Gasteiger partial charge in [0.2, 0.25) is 0 Å². The lowest BCUT2D eigenvalue weighted by Crippen LogP contribution is -2.31. The van der Waals surface area contributed by atoms with Gasteiger partial charge in [0.05, 0.1) is 18.7 Å². The minimum atomic E-state index is -0.715. The number of likely N-dealkylation sites (tertiary alicyclic amines) is 1. The van der Waals surface area contributed by atoms with Crippen LogP contribution in [0.2, 0.25) is 0 Å². The Bertz CT molecular complexity index is 1350. The lowest BCUT2D eigenvalue weighted by molar-refractivity contribution is -0.140. The third-order valence-corrected chi connectivity index (χ3v) is 6.79. The second-order valence-corrected chi connectivity index (χ2v) is 10.2. The highest BCUT2D eigenvalue weighted by Gasteiger charge is 2.46. The highest BCUT2D eigenvalue weighted by Crippen LogP contribution is 2.43. The van der Waals surface area contributed by atoms with Crippen molar-refractivity contribution in [3.8, 4) is 5.75 Å². The number of ketones is 1. The van der Waals surface area contributed by atoms with Gasteiger partial charge in [0.15, 0.2) is 0 Å². The van der Waals surface area contributed by atoms with Gasteiger partial charge in [0, 0.05) is 61.1 Å². The summed E-state index contributed by atoms with van der Waals surface area (Å²) in [4.78, 5) is 28.2. The molecule has 1 aliphatic heterocycles. The molecule has 1 aliphatic rings. The minimum absolute atomic E-state index is 0.0961. The third kappa shape index (κ3) is 4.39. The number of amides is 1. The predicted molar refractivity (Wildman–Crippen MR) is 140 cm³/mol. The number of aromatic nitrogens is 1. The number of carbonyl (C=O) groups is 2. The average molecular weight is 491 g/mol. The van der Waals surface area contributed by atoms with E-state index in [-0.39, 0.29) is 16.7 Å². The van der Waals surface area contributed by atoms with Crippen LogP contribution in [0.3, 0.4) is 0 Å². The lowest BCUT2D eigenvalue weighted by atomic mass is 9.84. The van der Waals surface area contributed by atoms with Gasteiger partial charge in [-0.2, -0.15) is 0 Å². The van der Waals surface area contributed by atoms with Gasteiger partial charge in [-0.05, 0) is 36.1 Å². The van der Waals surface area contributed by atoms with Gasteiger partial charge < -0.3 is 24.0 Å². The summed E-state index contributed by atoms with van der Waals surface area (Å²) < 4.78 is 12.7. The number of benzene rings is 2. The fourth-order valence-electron chi connectivity index (χ4n) is 5.00. The second-order valence-electron chi connectivity index (χ2n) is 10.2. The summed E-state index contributed by atoms with van der Waals surface area (Å²) in [5.41, 5.74) is 2.98. The average Bonchev–Trinajstić information content (AvgIpc) is 3.31. The molecule has 36 heavy (non-hydrogen) atoms. The number of hydrogen-bond acceptors (Lipinski definition) is 5. The van der Waals surface area contributed by atoms with Crippen molar-refractivity contribution in [2.24, 2.45) is 7.05 Å². The van der Waals surface area contributed by atoms with Crippen molar-refractivity contribution in [3.63, 3.8) is 0 Å². The first-order valence-corrected chi connectivity index (χ1v) is 12.1. The number of nitrogens with zero attached hydrogens (tertiary/aromatic N) is 2. The molecule has 1 atom stereocenters. The van der Waals surface area contributed by atoms with Gasteiger partial charge in [-0.25, -0.2) is 0 Å². The Morgan fingerprint density at radius 2 is 1.81 bits per heavy atom. The number of aliphatic hydroxyl groups is 1. The maximum absolute atomic E-state index is 13.4. The zero-order valence-electron chi connectivity index (χ0n) is 21.8. The Labute approximate surface area is 211 Å². The van der Waals surface area contributed by atoms with E-state index in [0.29, 0.717) is 30.9 Å². The molecule has 0 aliphatic carbocycles. The highest BCUT2D eigenvalue weighted by molar-refractivity contribution is 6.46. The molecule has 2 heterocycles. The maximum Gasteiger partial charge on any atom is 0.295 e. The zero-order valence-corrected chi connectivity index (χ0v) is 21.8. The molecule has 1 N–H and O–H groups in total. The third-order valence-electron chi connectivity index (χ3n) is 6.79. The van der Waals surface area contributed by atoms with E-state index in [4.69, 9.17) is 9.47 Å². The zero-order chi connectivity index (χ0) is 26.2. The van der Waals surface area contributed by atoms with E-state index in [1.165, 1.54) is 0 Å². The van der Waals surface area contributed by atoms with Crippen LogP contribution >= 0.6 is 0 Å². The maximum atomic E-state index is 13.4. The SMILES string of the molecule is COCCCN1C(=O)C(=O)/C(=C(/O)c2ccc(OC)c(C(C)(C)C)c2)C1c1cn(C)c2ccccc12. The molecule has 190 valence electrons. The number of carbonyl (C=O) groups excluding carboxylic acids is 2. The summed E-state index contributed by atoms with van der Waals surface area (Å²) in [5, 5.41) is 12.5. The summed E-state index contributed by atoms with van der Waals surface area (Å²) >= 11 is 0. The van der Waals surface area contributed by atoms with Gasteiger partial charge in [-0.15, -0.1) is 0 Å². The van der Waals surface area contributed by atoms with Gasteiger partial charge in [-0.1, -0.05) is 39.0 Å². The first-order chi connectivity index (χ1) is 17.1. The van der Waals surface area contributed by atoms with Crippen LogP contribution in [0.1, 0.15) is 49.9 Å². The Hall–Kier alpha value is -3.58. The number of ether oxygens (including phenoxy) is 2. The van der Waals surface area contributed by atoms with Gasteiger partial charge >= 0.3 is 0 Å². The molecule has 0 spiro atoms. The molecular weight excluding hydrogens is 456 g/mol. The molecule has 7 nitrogen and oxygen atoms in total. The van der Waals surface area contributed by atoms with Crippen LogP contribution in [0.25, 0.3) is 16.7 Å². The minimum Gasteiger partial charge on any atom is -0.507 e. The van der Waals surface area contributed by atoms with Crippen molar-refractivity contribution in [3.05, 3.63) is 70.9 Å². The summed E-state index contributed by atoms with van der Waals surface area (Å²) in [6.07, 6.45) is 2.51. The van der Waals surface area contributed by atoms with Crippen LogP contribution < -0.4 is 4.74 Å². The van der Waals surface area contributed by atoms with Crippen molar-refractivity contribution < 1.29 is 24.2 Å². The summed E-state index contributed by atoms with van der Waals surface area (Å²) in [7, 11) is 5.14. The standard InChI is InChI=1S/C29H34N2O5/c1-29(2,3)21-16-18(12-13-23(21)36-6)26(32)24-25(31(14-9-15-35-5)28(34)27(24)33)20-17-30(4)22-11-8-7-10-19(20)22/h7-8,10-13,16-17,25,32H,9,14-15H2,1-6H3/b26-24+. The topological polar surface area (TPSA) is 81.0 Å². The molecule has 2 aromatic carbocycles. The van der Waals surface area contributed by atoms with E-state index >= 15 is 0 Å². The van der Waals surface area contributed by atoms with E-state index < -0.39 is 17.7 Å². The molecular formula is C29H34N2O5. The molecule has 4 rings (SSSR count). The molecule has 0 saturated carbocycles.